The molecule has 0 bridgehead atoms. The fourth-order valence-electron chi connectivity index (χ4n) is 3.70. The maximum atomic E-state index is 12.6. The van der Waals surface area contributed by atoms with Gasteiger partial charge in [-0.1, -0.05) is 37.8 Å². The number of benzene rings is 1. The third kappa shape index (κ3) is 3.03. The van der Waals surface area contributed by atoms with Gasteiger partial charge >= 0.3 is 0 Å². The fourth-order valence-corrected chi connectivity index (χ4v) is 3.70. The molecule has 0 unspecified atom stereocenters. The van der Waals surface area contributed by atoms with Crippen molar-refractivity contribution < 1.29 is 4.79 Å². The van der Waals surface area contributed by atoms with Crippen molar-refractivity contribution in [3.05, 3.63) is 35.5 Å². The van der Waals surface area contributed by atoms with Crippen LogP contribution in [0, 0.1) is 12.8 Å². The molecule has 1 saturated carbocycles. The Balaban J connectivity index is 1.75. The van der Waals surface area contributed by atoms with Crippen molar-refractivity contribution >= 4 is 16.8 Å². The van der Waals surface area contributed by atoms with Crippen molar-refractivity contribution in [1.29, 1.82) is 0 Å². The van der Waals surface area contributed by atoms with Crippen molar-refractivity contribution in [2.24, 2.45) is 13.0 Å². The summed E-state index contributed by atoms with van der Waals surface area (Å²) in [5.74, 6) is 0.728. The van der Waals surface area contributed by atoms with Crippen LogP contribution >= 0.6 is 0 Å². The molecule has 0 radical (unpaired) electrons. The van der Waals surface area contributed by atoms with Crippen LogP contribution in [0.25, 0.3) is 10.9 Å². The summed E-state index contributed by atoms with van der Waals surface area (Å²) in [5.41, 5.74) is 3.10. The Kier molecular flexibility index (Phi) is 4.51. The number of carbonyl (C=O) groups is 1. The third-order valence-electron chi connectivity index (χ3n) is 4.99. The molecule has 1 N–H and O–H groups in total. The number of hydrogen-bond acceptors (Lipinski definition) is 1. The molecule has 3 nitrogen and oxygen atoms in total. The number of amides is 1. The number of fused-ring (bicyclic) bond motifs is 1. The first kappa shape index (κ1) is 15.1. The summed E-state index contributed by atoms with van der Waals surface area (Å²) in [5, 5.41) is 4.26. The fraction of sp³-hybridized carbons (Fsp3) is 0.526. The van der Waals surface area contributed by atoms with Gasteiger partial charge in [-0.05, 0) is 37.3 Å². The Morgan fingerprint density at radius 2 is 1.95 bits per heavy atom. The molecule has 0 aliphatic heterocycles. The average molecular weight is 298 g/mol. The van der Waals surface area contributed by atoms with E-state index >= 15 is 0 Å². The van der Waals surface area contributed by atoms with E-state index in [4.69, 9.17) is 0 Å². The molecule has 3 rings (SSSR count). The van der Waals surface area contributed by atoms with E-state index in [1.807, 2.05) is 23.9 Å². The smallest absolute Gasteiger partial charge is 0.253 e. The van der Waals surface area contributed by atoms with Gasteiger partial charge in [0.2, 0.25) is 0 Å². The van der Waals surface area contributed by atoms with Crippen molar-refractivity contribution in [3.63, 3.8) is 0 Å². The normalized spacial score (nSPS) is 16.6. The van der Waals surface area contributed by atoms with E-state index in [0.717, 1.165) is 28.6 Å². The standard InChI is InChI=1S/C19H26N2O/c1-14-8-7-11-17-18(14)16(13-21(17)2)19(22)20-12-15-9-5-3-4-6-10-15/h7-8,11,13,15H,3-6,9-10,12H2,1-2H3,(H,20,22). The lowest BCUT2D eigenvalue weighted by atomic mass is 10.00. The SMILES string of the molecule is Cc1cccc2c1c(C(=O)NCC1CCCCCC1)cn2C. The topological polar surface area (TPSA) is 34.0 Å². The van der Waals surface area contributed by atoms with E-state index in [-0.39, 0.29) is 5.91 Å². The van der Waals surface area contributed by atoms with Crippen molar-refractivity contribution in [3.8, 4) is 0 Å². The van der Waals surface area contributed by atoms with Crippen molar-refractivity contribution in [2.75, 3.05) is 6.54 Å². The predicted octanol–water partition coefficient (Wildman–Crippen LogP) is 4.19. The second kappa shape index (κ2) is 6.55. The quantitative estimate of drug-likeness (QED) is 0.847. The monoisotopic (exact) mass is 298 g/mol. The molecule has 3 heteroatoms. The van der Waals surface area contributed by atoms with E-state index in [0.29, 0.717) is 5.92 Å². The van der Waals surface area contributed by atoms with Gasteiger partial charge in [0.05, 0.1) is 5.56 Å². The van der Waals surface area contributed by atoms with Crippen LogP contribution in [0.3, 0.4) is 0 Å². The minimum atomic E-state index is 0.0733. The summed E-state index contributed by atoms with van der Waals surface area (Å²) in [6, 6.07) is 6.19. The molecule has 1 heterocycles. The maximum Gasteiger partial charge on any atom is 0.253 e. The molecule has 1 aliphatic carbocycles. The number of nitrogens with zero attached hydrogens (tertiary/aromatic N) is 1. The summed E-state index contributed by atoms with van der Waals surface area (Å²) in [6.45, 7) is 2.89. The molecule has 0 atom stereocenters. The van der Waals surface area contributed by atoms with Gasteiger partial charge in [0.1, 0.15) is 0 Å². The molecule has 2 aromatic rings. The van der Waals surface area contributed by atoms with Gasteiger partial charge in [0.25, 0.3) is 5.91 Å². The average Bonchev–Trinajstić information content (AvgIpc) is 2.70. The number of carbonyl (C=O) groups excluding carboxylic acids is 1. The van der Waals surface area contributed by atoms with E-state index in [1.165, 1.54) is 38.5 Å². The maximum absolute atomic E-state index is 12.6. The minimum Gasteiger partial charge on any atom is -0.352 e. The Morgan fingerprint density at radius 3 is 2.68 bits per heavy atom. The second-order valence-electron chi connectivity index (χ2n) is 6.69. The summed E-state index contributed by atoms with van der Waals surface area (Å²) in [7, 11) is 2.00. The molecule has 0 spiro atoms. The molecule has 1 aliphatic rings. The van der Waals surface area contributed by atoms with Crippen LogP contribution in [0.5, 0.6) is 0 Å². The van der Waals surface area contributed by atoms with Gasteiger partial charge in [0, 0.05) is 30.7 Å². The van der Waals surface area contributed by atoms with Crippen LogP contribution < -0.4 is 5.32 Å². The highest BCUT2D eigenvalue weighted by molar-refractivity contribution is 6.08. The molecule has 22 heavy (non-hydrogen) atoms. The van der Waals surface area contributed by atoms with Crippen LogP contribution in [0.4, 0.5) is 0 Å². The van der Waals surface area contributed by atoms with E-state index in [2.05, 4.69) is 24.4 Å². The van der Waals surface area contributed by atoms with Crippen LogP contribution in [0.2, 0.25) is 0 Å². The minimum absolute atomic E-state index is 0.0733. The van der Waals surface area contributed by atoms with Crippen molar-refractivity contribution in [1.82, 2.24) is 9.88 Å². The first-order valence-corrected chi connectivity index (χ1v) is 8.49. The van der Waals surface area contributed by atoms with Crippen LogP contribution in [0.1, 0.15) is 54.4 Å². The first-order chi connectivity index (χ1) is 10.7. The Labute approximate surface area is 132 Å². The van der Waals surface area contributed by atoms with E-state index in [9.17, 15) is 4.79 Å². The number of aromatic nitrogens is 1. The lowest BCUT2D eigenvalue weighted by molar-refractivity contribution is 0.0947. The zero-order valence-corrected chi connectivity index (χ0v) is 13.7. The number of nitrogens with one attached hydrogen (secondary N) is 1. The van der Waals surface area contributed by atoms with Gasteiger partial charge in [-0.2, -0.15) is 0 Å². The highest BCUT2D eigenvalue weighted by Gasteiger charge is 2.17. The first-order valence-electron chi connectivity index (χ1n) is 8.49. The van der Waals surface area contributed by atoms with E-state index < -0.39 is 0 Å². The van der Waals surface area contributed by atoms with Gasteiger partial charge in [-0.15, -0.1) is 0 Å². The summed E-state index contributed by atoms with van der Waals surface area (Å²) < 4.78 is 2.04. The highest BCUT2D eigenvalue weighted by atomic mass is 16.1. The third-order valence-corrected chi connectivity index (χ3v) is 4.99. The number of hydrogen-bond donors (Lipinski definition) is 1. The number of aryl methyl sites for hydroxylation is 2. The zero-order valence-electron chi connectivity index (χ0n) is 13.7. The molecule has 1 aromatic heterocycles. The zero-order chi connectivity index (χ0) is 15.5. The Bertz CT molecular complexity index is 663. The Morgan fingerprint density at radius 1 is 1.23 bits per heavy atom. The molecule has 1 fully saturated rings. The van der Waals surface area contributed by atoms with Crippen molar-refractivity contribution in [2.45, 2.75) is 45.4 Å². The molecular weight excluding hydrogens is 272 g/mol. The highest BCUT2D eigenvalue weighted by Crippen LogP contribution is 2.25. The molecular formula is C19H26N2O. The second-order valence-corrected chi connectivity index (χ2v) is 6.69. The Hall–Kier alpha value is -1.77. The summed E-state index contributed by atoms with van der Waals surface area (Å²) >= 11 is 0. The number of rotatable bonds is 3. The van der Waals surface area contributed by atoms with Crippen LogP contribution in [-0.4, -0.2) is 17.0 Å². The van der Waals surface area contributed by atoms with Crippen LogP contribution in [0.15, 0.2) is 24.4 Å². The lowest BCUT2D eigenvalue weighted by Crippen LogP contribution is -2.29. The largest absolute Gasteiger partial charge is 0.352 e. The molecule has 1 aromatic carbocycles. The molecule has 1 amide bonds. The van der Waals surface area contributed by atoms with Gasteiger partial charge in [0.15, 0.2) is 0 Å². The predicted molar refractivity (Wildman–Crippen MR) is 91.2 cm³/mol. The molecule has 118 valence electrons. The van der Waals surface area contributed by atoms with Gasteiger partial charge < -0.3 is 9.88 Å². The van der Waals surface area contributed by atoms with E-state index in [1.54, 1.807) is 0 Å². The van der Waals surface area contributed by atoms with Crippen LogP contribution in [-0.2, 0) is 7.05 Å². The lowest BCUT2D eigenvalue weighted by Gasteiger charge is -2.14. The summed E-state index contributed by atoms with van der Waals surface area (Å²) in [6.07, 6.45) is 9.81. The summed E-state index contributed by atoms with van der Waals surface area (Å²) in [4.78, 5) is 12.6. The molecule has 0 saturated heterocycles. The van der Waals surface area contributed by atoms with Gasteiger partial charge in [-0.3, -0.25) is 4.79 Å². The van der Waals surface area contributed by atoms with Gasteiger partial charge in [-0.25, -0.2) is 0 Å².